The molecule has 0 unspecified atom stereocenters. The summed E-state index contributed by atoms with van der Waals surface area (Å²) in [5.41, 5.74) is 8.89. The van der Waals surface area contributed by atoms with E-state index in [4.69, 9.17) is 21.4 Å². The van der Waals surface area contributed by atoms with Crippen LogP contribution in [-0.2, 0) is 24.0 Å². The number of hydrogen-bond donors (Lipinski definition) is 0. The zero-order valence-electron chi connectivity index (χ0n) is 16.9. The molecule has 0 aliphatic carbocycles. The molecule has 4 rings (SSSR count). The Balaban J connectivity index is 1.93. The molecule has 28 heavy (non-hydrogen) atoms. The number of fused-ring (bicyclic) bond motifs is 1. The van der Waals surface area contributed by atoms with E-state index in [2.05, 4.69) is 47.8 Å². The van der Waals surface area contributed by atoms with Crippen LogP contribution in [0.4, 0.5) is 0 Å². The van der Waals surface area contributed by atoms with Crippen molar-refractivity contribution < 1.29 is 4.74 Å². The van der Waals surface area contributed by atoms with E-state index in [0.717, 1.165) is 64.8 Å². The predicted octanol–water partition coefficient (Wildman–Crippen LogP) is 5.27. The SMILES string of the molecule is CCc1cc(-n2nc(-c3cc(C)nc(C)c3)c3c2C[C@@H](C)OCC3)ccc1Cl. The number of aryl methyl sites for hydroxylation is 3. The van der Waals surface area contributed by atoms with Crippen LogP contribution in [0.1, 0.15) is 42.1 Å². The Morgan fingerprint density at radius 3 is 2.64 bits per heavy atom. The second kappa shape index (κ2) is 7.69. The number of pyridine rings is 1. The van der Waals surface area contributed by atoms with Crippen molar-refractivity contribution in [2.75, 3.05) is 6.61 Å². The Hall–Kier alpha value is -2.17. The number of ether oxygens (including phenoxy) is 1. The third kappa shape index (κ3) is 3.59. The normalized spacial score (nSPS) is 16.7. The molecule has 0 N–H and O–H groups in total. The molecule has 3 heterocycles. The lowest BCUT2D eigenvalue weighted by Crippen LogP contribution is -2.13. The Kier molecular flexibility index (Phi) is 5.26. The van der Waals surface area contributed by atoms with Crippen LogP contribution in [-0.4, -0.2) is 27.5 Å². The largest absolute Gasteiger partial charge is 0.378 e. The van der Waals surface area contributed by atoms with Gasteiger partial charge in [0.05, 0.1) is 29.8 Å². The van der Waals surface area contributed by atoms with Crippen molar-refractivity contribution in [2.24, 2.45) is 0 Å². The minimum atomic E-state index is 0.170. The fraction of sp³-hybridized carbons (Fsp3) is 0.391. The molecule has 2 aromatic heterocycles. The fourth-order valence-electron chi connectivity index (χ4n) is 4.03. The van der Waals surface area contributed by atoms with Gasteiger partial charge in [-0.3, -0.25) is 4.98 Å². The average molecular weight is 396 g/mol. The Labute approximate surface area is 171 Å². The molecule has 0 saturated carbocycles. The van der Waals surface area contributed by atoms with Crippen molar-refractivity contribution in [3.8, 4) is 16.9 Å². The molecule has 1 aliphatic rings. The van der Waals surface area contributed by atoms with Gasteiger partial charge in [-0.1, -0.05) is 18.5 Å². The first-order valence-corrected chi connectivity index (χ1v) is 10.3. The molecule has 146 valence electrons. The van der Waals surface area contributed by atoms with Gasteiger partial charge in [0, 0.05) is 34.0 Å². The first-order valence-electron chi connectivity index (χ1n) is 9.93. The minimum Gasteiger partial charge on any atom is -0.378 e. The molecule has 1 atom stereocenters. The van der Waals surface area contributed by atoms with Gasteiger partial charge in [-0.05, 0) is 69.5 Å². The van der Waals surface area contributed by atoms with Crippen molar-refractivity contribution in [3.63, 3.8) is 0 Å². The third-order valence-electron chi connectivity index (χ3n) is 5.33. The van der Waals surface area contributed by atoms with Crippen molar-refractivity contribution >= 4 is 11.6 Å². The molecule has 0 amide bonds. The third-order valence-corrected chi connectivity index (χ3v) is 5.70. The van der Waals surface area contributed by atoms with Crippen LogP contribution in [0.3, 0.4) is 0 Å². The first-order chi connectivity index (χ1) is 13.5. The minimum absolute atomic E-state index is 0.170. The van der Waals surface area contributed by atoms with E-state index in [1.807, 2.05) is 19.9 Å². The Morgan fingerprint density at radius 1 is 1.18 bits per heavy atom. The van der Waals surface area contributed by atoms with Gasteiger partial charge in [0.15, 0.2) is 0 Å². The van der Waals surface area contributed by atoms with E-state index in [1.165, 1.54) is 11.3 Å². The summed E-state index contributed by atoms with van der Waals surface area (Å²) < 4.78 is 8.06. The lowest BCUT2D eigenvalue weighted by Gasteiger charge is -2.12. The lowest BCUT2D eigenvalue weighted by molar-refractivity contribution is 0.0735. The van der Waals surface area contributed by atoms with E-state index in [0.29, 0.717) is 0 Å². The summed E-state index contributed by atoms with van der Waals surface area (Å²) in [4.78, 5) is 4.53. The van der Waals surface area contributed by atoms with Crippen molar-refractivity contribution in [3.05, 3.63) is 63.6 Å². The summed E-state index contributed by atoms with van der Waals surface area (Å²) in [7, 11) is 0. The van der Waals surface area contributed by atoms with Gasteiger partial charge in [-0.2, -0.15) is 5.10 Å². The Bertz CT molecular complexity index is 1000. The second-order valence-corrected chi connectivity index (χ2v) is 8.00. The number of rotatable bonds is 3. The van der Waals surface area contributed by atoms with E-state index < -0.39 is 0 Å². The van der Waals surface area contributed by atoms with E-state index in [9.17, 15) is 0 Å². The van der Waals surface area contributed by atoms with Crippen molar-refractivity contribution in [1.29, 1.82) is 0 Å². The molecule has 3 aromatic rings. The summed E-state index contributed by atoms with van der Waals surface area (Å²) in [5.74, 6) is 0. The zero-order chi connectivity index (χ0) is 19.8. The molecule has 1 aromatic carbocycles. The van der Waals surface area contributed by atoms with Crippen LogP contribution in [0.5, 0.6) is 0 Å². The highest BCUT2D eigenvalue weighted by Crippen LogP contribution is 2.32. The van der Waals surface area contributed by atoms with Gasteiger partial charge in [0.25, 0.3) is 0 Å². The van der Waals surface area contributed by atoms with Crippen LogP contribution >= 0.6 is 11.6 Å². The van der Waals surface area contributed by atoms with Gasteiger partial charge in [-0.15, -0.1) is 0 Å². The van der Waals surface area contributed by atoms with Gasteiger partial charge in [-0.25, -0.2) is 4.68 Å². The topological polar surface area (TPSA) is 39.9 Å². The van der Waals surface area contributed by atoms with Crippen LogP contribution in [0.2, 0.25) is 5.02 Å². The van der Waals surface area contributed by atoms with Gasteiger partial charge >= 0.3 is 0 Å². The van der Waals surface area contributed by atoms with Gasteiger partial charge in [0.1, 0.15) is 0 Å². The van der Waals surface area contributed by atoms with Crippen LogP contribution in [0.25, 0.3) is 16.9 Å². The van der Waals surface area contributed by atoms with Crippen LogP contribution in [0, 0.1) is 13.8 Å². The van der Waals surface area contributed by atoms with Gasteiger partial charge < -0.3 is 4.74 Å². The van der Waals surface area contributed by atoms with Crippen molar-refractivity contribution in [2.45, 2.75) is 53.1 Å². The number of halogens is 1. The number of aromatic nitrogens is 3. The molecule has 0 radical (unpaired) electrons. The van der Waals surface area contributed by atoms with E-state index >= 15 is 0 Å². The highest BCUT2D eigenvalue weighted by molar-refractivity contribution is 6.31. The molecule has 0 fully saturated rings. The molecular formula is C23H26ClN3O. The quantitative estimate of drug-likeness (QED) is 0.606. The molecule has 5 heteroatoms. The number of nitrogens with zero attached hydrogens (tertiary/aromatic N) is 3. The molecule has 1 aliphatic heterocycles. The molecular weight excluding hydrogens is 370 g/mol. The van der Waals surface area contributed by atoms with Gasteiger partial charge in [0.2, 0.25) is 0 Å². The van der Waals surface area contributed by atoms with E-state index in [-0.39, 0.29) is 6.10 Å². The predicted molar refractivity (Wildman–Crippen MR) is 113 cm³/mol. The standard InChI is InChI=1S/C23H26ClN3O/c1-5-17-13-19(6-7-21(17)24)27-22-12-16(4)28-9-8-20(22)23(26-27)18-10-14(2)25-15(3)11-18/h6-7,10-11,13,16H,5,8-9,12H2,1-4H3/t16-/m1/s1. The average Bonchev–Trinajstić information content (AvgIpc) is 2.88. The summed E-state index contributed by atoms with van der Waals surface area (Å²) in [6.07, 6.45) is 2.77. The van der Waals surface area contributed by atoms with Crippen molar-refractivity contribution in [1.82, 2.24) is 14.8 Å². The smallest absolute Gasteiger partial charge is 0.0964 e. The van der Waals surface area contributed by atoms with E-state index in [1.54, 1.807) is 0 Å². The summed E-state index contributed by atoms with van der Waals surface area (Å²) in [6, 6.07) is 10.4. The molecule has 0 bridgehead atoms. The summed E-state index contributed by atoms with van der Waals surface area (Å²) >= 11 is 6.36. The summed E-state index contributed by atoms with van der Waals surface area (Å²) in [6.45, 7) is 9.04. The maximum atomic E-state index is 6.36. The zero-order valence-corrected chi connectivity index (χ0v) is 17.7. The molecule has 0 saturated heterocycles. The van der Waals surface area contributed by atoms with Crippen LogP contribution < -0.4 is 0 Å². The van der Waals surface area contributed by atoms with Crippen LogP contribution in [0.15, 0.2) is 30.3 Å². The summed E-state index contributed by atoms with van der Waals surface area (Å²) in [5, 5.41) is 5.89. The molecule has 0 spiro atoms. The number of hydrogen-bond acceptors (Lipinski definition) is 3. The second-order valence-electron chi connectivity index (χ2n) is 7.59. The monoisotopic (exact) mass is 395 g/mol. The maximum Gasteiger partial charge on any atom is 0.0964 e. The Morgan fingerprint density at radius 2 is 1.93 bits per heavy atom. The number of benzene rings is 1. The highest BCUT2D eigenvalue weighted by Gasteiger charge is 2.25. The highest BCUT2D eigenvalue weighted by atomic mass is 35.5. The maximum absolute atomic E-state index is 6.36. The first kappa shape index (κ1) is 19.2. The lowest BCUT2D eigenvalue weighted by atomic mass is 10.0. The fourth-order valence-corrected chi connectivity index (χ4v) is 4.28. The molecule has 4 nitrogen and oxygen atoms in total.